The molecule has 1 aliphatic carbocycles. The van der Waals surface area contributed by atoms with E-state index in [1.54, 1.807) is 31.0 Å². The summed E-state index contributed by atoms with van der Waals surface area (Å²) in [6.07, 6.45) is 5.67. The monoisotopic (exact) mass is 1180 g/mol. The first-order valence-corrected chi connectivity index (χ1v) is 31.1. The molecule has 4 fully saturated rings. The molecule has 9 rings (SSSR count). The molecule has 2 aromatic heterocycles. The van der Waals surface area contributed by atoms with Gasteiger partial charge in [0.05, 0.1) is 22.0 Å². The molecular formula is C56H67N10O15PS. The molecule has 9 N–H and O–H groups in total. The lowest BCUT2D eigenvalue weighted by molar-refractivity contribution is -0.146. The molecule has 3 aromatic carbocycles. The Balaban J connectivity index is 0.895. The Morgan fingerprint density at radius 2 is 1.55 bits per heavy atom. The molecule has 5 heterocycles. The van der Waals surface area contributed by atoms with Crippen LogP contribution in [-0.2, 0) is 61.4 Å². The van der Waals surface area contributed by atoms with Crippen molar-refractivity contribution in [1.82, 2.24) is 45.2 Å². The maximum absolute atomic E-state index is 15.1. The second kappa shape index (κ2) is 24.2. The van der Waals surface area contributed by atoms with Crippen LogP contribution in [0.3, 0.4) is 0 Å². The van der Waals surface area contributed by atoms with Crippen molar-refractivity contribution in [3.63, 3.8) is 0 Å². The molecule has 8 amide bonds. The van der Waals surface area contributed by atoms with E-state index < -0.39 is 94.7 Å². The lowest BCUT2D eigenvalue weighted by Crippen LogP contribution is -2.62. The van der Waals surface area contributed by atoms with Crippen LogP contribution in [0.4, 0.5) is 0 Å². The van der Waals surface area contributed by atoms with E-state index >= 15 is 4.79 Å². The highest BCUT2D eigenvalue weighted by atomic mass is 32.2. The number of sulfone groups is 1. The predicted octanol–water partition coefficient (Wildman–Crippen LogP) is 2.28. The zero-order chi connectivity index (χ0) is 59.8. The predicted molar refractivity (Wildman–Crippen MR) is 300 cm³/mol. The van der Waals surface area contributed by atoms with Gasteiger partial charge in [0.1, 0.15) is 29.9 Å². The zero-order valence-electron chi connectivity index (χ0n) is 46.0. The van der Waals surface area contributed by atoms with E-state index in [9.17, 15) is 65.9 Å². The number of aryl methyl sites for hydroxylation is 1. The molecule has 0 bridgehead atoms. The van der Waals surface area contributed by atoms with E-state index in [0.717, 1.165) is 43.9 Å². The van der Waals surface area contributed by atoms with Gasteiger partial charge < -0.3 is 46.3 Å². The van der Waals surface area contributed by atoms with Crippen LogP contribution in [0.2, 0.25) is 0 Å². The normalized spacial score (nSPS) is 22.3. The molecule has 0 radical (unpaired) electrons. The van der Waals surface area contributed by atoms with Crippen LogP contribution in [0.25, 0.3) is 21.9 Å². The van der Waals surface area contributed by atoms with Crippen molar-refractivity contribution in [2.24, 2.45) is 24.6 Å². The molecule has 6 atom stereocenters. The lowest BCUT2D eigenvalue weighted by Gasteiger charge is -2.39. The quantitative estimate of drug-likeness (QED) is 0.0461. The second-order valence-electron chi connectivity index (χ2n) is 22.4. The van der Waals surface area contributed by atoms with E-state index in [-0.39, 0.29) is 109 Å². The van der Waals surface area contributed by atoms with Crippen LogP contribution in [0.15, 0.2) is 76.4 Å². The largest absolute Gasteiger partial charge is 0.396 e. The van der Waals surface area contributed by atoms with Crippen molar-refractivity contribution >= 4 is 92.2 Å². The van der Waals surface area contributed by atoms with Gasteiger partial charge in [0.25, 0.3) is 11.4 Å². The van der Waals surface area contributed by atoms with Gasteiger partial charge in [-0.1, -0.05) is 18.2 Å². The second-order valence-corrected chi connectivity index (χ2v) is 25.9. The number of fused-ring (bicyclic) bond motifs is 3. The van der Waals surface area contributed by atoms with Crippen molar-refractivity contribution in [2.45, 2.75) is 132 Å². The molecule has 27 heteroatoms. The summed E-state index contributed by atoms with van der Waals surface area (Å²) in [5.74, 6) is -4.44. The van der Waals surface area contributed by atoms with Gasteiger partial charge >= 0.3 is 13.3 Å². The van der Waals surface area contributed by atoms with Crippen LogP contribution < -0.4 is 32.7 Å². The van der Waals surface area contributed by atoms with E-state index in [0.29, 0.717) is 28.5 Å². The standard InChI is InChI=1S/C56H67N10O15PS/c1-30(34-9-13-38(14-10-34)83(3,80)81)58-50(70)40(16-20-47(57)67)60-52(72)44-18-12-37-22-23-64(29-42(54(74)65(37)44)61-51(71)41-28-36-27-35(11-15-39(36)59-41)55(75)82(77,78)79)49(69)26-32-6-4-31(5-7-32)24-33-8-17-43-46(25-33)63(2)56(76)66(43)45-19-21-48(68)62-53(45)73/h8-11,13-15,17,25,27-28,30-32,37,40,42,44-45,59H,4-7,12,16,18-24,26,29H2,1-3H3,(H2,57,67)(H,58,70)(H,60,72)(H,61,71)(H,62,68,73)(H2,77,78,79)/t30-,31?,32?,37+,40-,42-,44-,45?/m0/s1. The first-order chi connectivity index (χ1) is 39.2. The van der Waals surface area contributed by atoms with Crippen LogP contribution in [0.5, 0.6) is 0 Å². The van der Waals surface area contributed by atoms with Gasteiger partial charge in [-0.25, -0.2) is 13.2 Å². The van der Waals surface area contributed by atoms with Crippen molar-refractivity contribution in [3.8, 4) is 0 Å². The fourth-order valence-electron chi connectivity index (χ4n) is 12.1. The summed E-state index contributed by atoms with van der Waals surface area (Å²) < 4.78 is 38.8. The third-order valence-electron chi connectivity index (χ3n) is 16.6. The van der Waals surface area contributed by atoms with Crippen molar-refractivity contribution in [1.29, 1.82) is 0 Å². The summed E-state index contributed by atoms with van der Waals surface area (Å²) in [6.45, 7) is 1.54. The Kier molecular flexibility index (Phi) is 17.4. The summed E-state index contributed by atoms with van der Waals surface area (Å²) in [7, 11) is -6.99. The first kappa shape index (κ1) is 59.8. The molecular weight excluding hydrogens is 1120 g/mol. The molecule has 83 heavy (non-hydrogen) atoms. The molecule has 25 nitrogen and oxygen atoms in total. The van der Waals surface area contributed by atoms with Crippen molar-refractivity contribution in [3.05, 3.63) is 99.6 Å². The minimum atomic E-state index is -5.14. The average Bonchev–Trinajstić information content (AvgIpc) is 2.88. The van der Waals surface area contributed by atoms with Crippen molar-refractivity contribution < 1.29 is 65.9 Å². The summed E-state index contributed by atoms with van der Waals surface area (Å²) in [6, 6.07) is 10.8. The molecule has 4 aliphatic rings. The number of carbonyl (C=O) groups excluding carboxylic acids is 9. The molecule has 3 aliphatic heterocycles. The fraction of sp³-hybridized carbons (Fsp3) is 0.464. The fourth-order valence-corrected chi connectivity index (χ4v) is 13.2. The summed E-state index contributed by atoms with van der Waals surface area (Å²) in [4.78, 5) is 159. The van der Waals surface area contributed by atoms with E-state index in [1.807, 2.05) is 18.2 Å². The maximum atomic E-state index is 15.1. The number of rotatable bonds is 18. The van der Waals surface area contributed by atoms with E-state index in [4.69, 9.17) is 5.73 Å². The number of primary amides is 1. The number of carbonyl (C=O) groups is 9. The zero-order valence-corrected chi connectivity index (χ0v) is 47.7. The number of nitrogens with one attached hydrogen (secondary N) is 5. The number of H-pyrrole nitrogens is 1. The maximum Gasteiger partial charge on any atom is 0.396 e. The van der Waals surface area contributed by atoms with E-state index in [2.05, 4.69) is 26.3 Å². The van der Waals surface area contributed by atoms with Gasteiger partial charge in [-0.15, -0.1) is 0 Å². The topological polar surface area (TPSA) is 369 Å². The number of benzene rings is 3. The summed E-state index contributed by atoms with van der Waals surface area (Å²) in [5.41, 5.74) is 6.48. The number of imidazole rings is 1. The van der Waals surface area contributed by atoms with Gasteiger partial charge in [0.15, 0.2) is 9.84 Å². The van der Waals surface area contributed by atoms with Gasteiger partial charge in [-0.3, -0.25) is 62.2 Å². The summed E-state index contributed by atoms with van der Waals surface area (Å²) in [5, 5.41) is 10.9. The Morgan fingerprint density at radius 3 is 2.23 bits per heavy atom. The highest BCUT2D eigenvalue weighted by Crippen LogP contribution is 2.40. The Labute approximate surface area is 476 Å². The van der Waals surface area contributed by atoms with Gasteiger partial charge in [-0.05, 0) is 143 Å². The van der Waals surface area contributed by atoms with Crippen molar-refractivity contribution in [2.75, 3.05) is 19.3 Å². The highest BCUT2D eigenvalue weighted by Gasteiger charge is 2.46. The third-order valence-corrected chi connectivity index (χ3v) is 18.6. The number of hydrogen-bond donors (Lipinski definition) is 8. The lowest BCUT2D eigenvalue weighted by atomic mass is 9.78. The first-order valence-electron chi connectivity index (χ1n) is 27.6. The number of aromatic nitrogens is 3. The third kappa shape index (κ3) is 13.4. The minimum Gasteiger partial charge on any atom is -0.370 e. The minimum absolute atomic E-state index is 0.00617. The van der Waals surface area contributed by atoms with Gasteiger partial charge in [-0.2, -0.15) is 0 Å². The highest BCUT2D eigenvalue weighted by molar-refractivity contribution is 7.90. The smallest absolute Gasteiger partial charge is 0.370 e. The molecule has 3 saturated heterocycles. The molecule has 1 unspecified atom stereocenters. The summed E-state index contributed by atoms with van der Waals surface area (Å²) >= 11 is 0. The van der Waals surface area contributed by atoms with Crippen LogP contribution in [-0.4, -0.2) is 138 Å². The number of hydrogen-bond acceptors (Lipinski definition) is 13. The van der Waals surface area contributed by atoms with E-state index in [1.165, 1.54) is 50.4 Å². The van der Waals surface area contributed by atoms with Gasteiger partial charge in [0, 0.05) is 68.2 Å². The van der Waals surface area contributed by atoms with Crippen LogP contribution >= 0.6 is 7.60 Å². The van der Waals surface area contributed by atoms with Crippen LogP contribution in [0, 0.1) is 11.8 Å². The Hall–Kier alpha value is -7.80. The number of amides is 8. The number of aromatic amines is 1. The SMILES string of the molecule is C[C@H](NC(=O)[C@H](CCC(N)=O)NC(=O)[C@@H]1CC[C@@H]2CCN(C(=O)CC3CCC(Cc4ccc5c(c4)n(C)c(=O)n5C4CCC(=O)NC4=O)CC3)C[C@H](NC(=O)c3cc4cc(C(=O)P(=O)(O)O)ccc4[nH]3)C(=O)N21)c1ccc(S(C)(=O)=O)cc1. The van der Waals surface area contributed by atoms with Crippen LogP contribution in [0.1, 0.15) is 128 Å². The number of imide groups is 1. The number of nitrogens with zero attached hydrogens (tertiary/aromatic N) is 4. The van der Waals surface area contributed by atoms with Gasteiger partial charge in [0.2, 0.25) is 41.4 Å². The molecule has 5 aromatic rings. The molecule has 0 spiro atoms. The number of nitrogens with two attached hydrogens (primary N) is 1. The average molecular weight is 1180 g/mol. The molecule has 1 saturated carbocycles. The Morgan fingerprint density at radius 1 is 0.843 bits per heavy atom. The molecule has 442 valence electrons. The number of piperidine rings is 1. The Bertz CT molecular complexity index is 3670.